The van der Waals surface area contributed by atoms with Crippen LogP contribution in [0.2, 0.25) is 5.02 Å². The van der Waals surface area contributed by atoms with Crippen molar-refractivity contribution in [1.29, 1.82) is 0 Å². The quantitative estimate of drug-likeness (QED) is 0.847. The van der Waals surface area contributed by atoms with Crippen LogP contribution in [-0.2, 0) is 10.0 Å². The first-order valence-corrected chi connectivity index (χ1v) is 6.88. The molecular formula is C10H12ClN3O2S. The van der Waals surface area contributed by atoms with Crippen LogP contribution in [0.4, 0.5) is 5.69 Å². The van der Waals surface area contributed by atoms with Crippen molar-refractivity contribution in [2.45, 2.75) is 11.8 Å². The predicted octanol–water partition coefficient (Wildman–Crippen LogP) is 1.76. The molecule has 17 heavy (non-hydrogen) atoms. The molecule has 7 heteroatoms. The Bertz CT molecular complexity index is 583. The van der Waals surface area contributed by atoms with E-state index in [1.54, 1.807) is 18.0 Å². The Hall–Kier alpha value is -1.27. The van der Waals surface area contributed by atoms with Crippen molar-refractivity contribution in [3.63, 3.8) is 0 Å². The molecule has 0 saturated carbocycles. The minimum absolute atomic E-state index is 0.148. The molecule has 1 N–H and O–H groups in total. The summed E-state index contributed by atoms with van der Waals surface area (Å²) in [5.41, 5.74) is 0.461. The summed E-state index contributed by atoms with van der Waals surface area (Å²) < 4.78 is 27.6. The average Bonchev–Trinajstić information content (AvgIpc) is 2.26. The number of anilines is 1. The van der Waals surface area contributed by atoms with Gasteiger partial charge in [0.1, 0.15) is 4.90 Å². The monoisotopic (exact) mass is 273 g/mol. The van der Waals surface area contributed by atoms with Gasteiger partial charge in [0.15, 0.2) is 0 Å². The highest BCUT2D eigenvalue weighted by Crippen LogP contribution is 2.29. The molecule has 92 valence electrons. The topological polar surface area (TPSA) is 61.8 Å². The molecule has 0 unspecified atom stereocenters. The summed E-state index contributed by atoms with van der Waals surface area (Å²) in [6, 6.07) is 4.56. The lowest BCUT2D eigenvalue weighted by Crippen LogP contribution is -2.36. The summed E-state index contributed by atoms with van der Waals surface area (Å²) in [5.74, 6) is 0.308. The van der Waals surface area contributed by atoms with Crippen LogP contribution < -0.4 is 5.32 Å². The van der Waals surface area contributed by atoms with Gasteiger partial charge < -0.3 is 10.2 Å². The Balaban J connectivity index is 2.54. The fraction of sp³-hybridized carbons (Fsp3) is 0.300. The zero-order valence-electron chi connectivity index (χ0n) is 9.44. The van der Waals surface area contributed by atoms with E-state index in [1.165, 1.54) is 12.1 Å². The minimum atomic E-state index is -3.64. The van der Waals surface area contributed by atoms with Gasteiger partial charge in [-0.3, -0.25) is 0 Å². The number of sulfonamides is 1. The van der Waals surface area contributed by atoms with Crippen LogP contribution in [0.15, 0.2) is 27.5 Å². The molecule has 1 aromatic carbocycles. The van der Waals surface area contributed by atoms with E-state index in [9.17, 15) is 8.42 Å². The zero-order chi connectivity index (χ0) is 12.6. The molecule has 1 aliphatic heterocycles. The van der Waals surface area contributed by atoms with E-state index >= 15 is 0 Å². The Morgan fingerprint density at radius 3 is 2.82 bits per heavy atom. The number of fused-ring (bicyclic) bond motifs is 1. The maximum atomic E-state index is 11.9. The summed E-state index contributed by atoms with van der Waals surface area (Å²) in [6.07, 6.45) is 0. The summed E-state index contributed by atoms with van der Waals surface area (Å²) >= 11 is 5.84. The van der Waals surface area contributed by atoms with E-state index in [4.69, 9.17) is 11.6 Å². The van der Waals surface area contributed by atoms with E-state index < -0.39 is 10.0 Å². The fourth-order valence-corrected chi connectivity index (χ4v) is 2.76. The van der Waals surface area contributed by atoms with Gasteiger partial charge in [0.25, 0.3) is 10.0 Å². The van der Waals surface area contributed by atoms with Gasteiger partial charge in [0.05, 0.1) is 5.69 Å². The molecule has 5 nitrogen and oxygen atoms in total. The van der Waals surface area contributed by atoms with Crippen LogP contribution in [0.1, 0.15) is 6.92 Å². The molecule has 1 aliphatic rings. The summed E-state index contributed by atoms with van der Waals surface area (Å²) in [5, 5.41) is 3.43. The largest absolute Gasteiger partial charge is 0.345 e. The minimum Gasteiger partial charge on any atom is -0.345 e. The molecule has 0 saturated heterocycles. The third-order valence-electron chi connectivity index (χ3n) is 2.51. The molecule has 0 aromatic heterocycles. The van der Waals surface area contributed by atoms with Gasteiger partial charge in [0.2, 0.25) is 5.96 Å². The highest BCUT2D eigenvalue weighted by Gasteiger charge is 2.26. The van der Waals surface area contributed by atoms with Gasteiger partial charge in [-0.2, -0.15) is 8.42 Å². The van der Waals surface area contributed by atoms with Crippen LogP contribution >= 0.6 is 11.6 Å². The second kappa shape index (κ2) is 4.19. The van der Waals surface area contributed by atoms with Crippen molar-refractivity contribution in [3.8, 4) is 0 Å². The van der Waals surface area contributed by atoms with Gasteiger partial charge in [-0.05, 0) is 25.1 Å². The molecule has 0 atom stereocenters. The van der Waals surface area contributed by atoms with E-state index in [2.05, 4.69) is 9.71 Å². The molecule has 0 fully saturated rings. The predicted molar refractivity (Wildman–Crippen MR) is 68.0 cm³/mol. The number of hydrogen-bond donors (Lipinski definition) is 1. The molecule has 0 spiro atoms. The lowest BCUT2D eigenvalue weighted by atomic mass is 10.3. The highest BCUT2D eigenvalue weighted by molar-refractivity contribution is 7.90. The lowest BCUT2D eigenvalue weighted by molar-refractivity contribution is 0.531. The van der Waals surface area contributed by atoms with E-state index in [1.807, 2.05) is 6.92 Å². The number of rotatable bonds is 1. The van der Waals surface area contributed by atoms with Gasteiger partial charge in [-0.15, -0.1) is 4.40 Å². The number of hydrogen-bond acceptors (Lipinski definition) is 4. The van der Waals surface area contributed by atoms with Crippen LogP contribution in [0.3, 0.4) is 0 Å². The summed E-state index contributed by atoms with van der Waals surface area (Å²) in [7, 11) is -1.88. The van der Waals surface area contributed by atoms with Crippen LogP contribution in [0.5, 0.6) is 0 Å². The van der Waals surface area contributed by atoms with Gasteiger partial charge in [0, 0.05) is 18.6 Å². The SMILES string of the molecule is CCN(C)C1=NS(=O)(=O)c2ccc(Cl)cc2N1. The molecule has 1 aromatic rings. The Morgan fingerprint density at radius 1 is 1.47 bits per heavy atom. The molecule has 0 bridgehead atoms. The Labute approximate surface area is 105 Å². The number of benzene rings is 1. The zero-order valence-corrected chi connectivity index (χ0v) is 11.0. The molecule has 0 radical (unpaired) electrons. The molecule has 1 heterocycles. The maximum Gasteiger partial charge on any atom is 0.287 e. The van der Waals surface area contributed by atoms with Crippen molar-refractivity contribution >= 4 is 33.3 Å². The number of halogens is 1. The molecule has 0 aliphatic carbocycles. The number of guanidine groups is 1. The molecular weight excluding hydrogens is 262 g/mol. The van der Waals surface area contributed by atoms with Gasteiger partial charge in [-0.25, -0.2) is 0 Å². The smallest absolute Gasteiger partial charge is 0.287 e. The third kappa shape index (κ3) is 2.23. The molecule has 0 amide bonds. The lowest BCUT2D eigenvalue weighted by Gasteiger charge is -2.24. The first-order valence-electron chi connectivity index (χ1n) is 5.06. The van der Waals surface area contributed by atoms with Crippen molar-refractivity contribution in [2.75, 3.05) is 18.9 Å². The highest BCUT2D eigenvalue weighted by atomic mass is 35.5. The third-order valence-corrected chi connectivity index (χ3v) is 4.07. The summed E-state index contributed by atoms with van der Waals surface area (Å²) in [6.45, 7) is 2.56. The van der Waals surface area contributed by atoms with Gasteiger partial charge >= 0.3 is 0 Å². The fourth-order valence-electron chi connectivity index (χ4n) is 1.45. The second-order valence-electron chi connectivity index (χ2n) is 3.67. The van der Waals surface area contributed by atoms with E-state index in [0.29, 0.717) is 23.2 Å². The van der Waals surface area contributed by atoms with Crippen molar-refractivity contribution in [3.05, 3.63) is 23.2 Å². The van der Waals surface area contributed by atoms with Gasteiger partial charge in [-0.1, -0.05) is 11.6 Å². The Kier molecular flexibility index (Phi) is 3.01. The van der Waals surface area contributed by atoms with Crippen LogP contribution in [0.25, 0.3) is 0 Å². The second-order valence-corrected chi connectivity index (χ2v) is 5.68. The first kappa shape index (κ1) is 12.2. The van der Waals surface area contributed by atoms with Crippen LogP contribution in [0, 0.1) is 0 Å². The standard InChI is InChI=1S/C10H12ClN3O2S/c1-3-14(2)10-12-8-6-7(11)4-5-9(8)17(15,16)13-10/h4-6H,3H2,1-2H3,(H,12,13). The van der Waals surface area contributed by atoms with E-state index in [-0.39, 0.29) is 4.90 Å². The maximum absolute atomic E-state index is 11.9. The number of nitrogens with one attached hydrogen (secondary N) is 1. The average molecular weight is 274 g/mol. The van der Waals surface area contributed by atoms with Crippen molar-refractivity contribution in [1.82, 2.24) is 4.90 Å². The normalized spacial score (nSPS) is 16.8. The van der Waals surface area contributed by atoms with E-state index in [0.717, 1.165) is 0 Å². The first-order chi connectivity index (χ1) is 7.94. The summed E-state index contributed by atoms with van der Waals surface area (Å²) in [4.78, 5) is 1.86. The molecule has 2 rings (SSSR count). The Morgan fingerprint density at radius 2 is 2.18 bits per heavy atom. The number of nitrogens with zero attached hydrogens (tertiary/aromatic N) is 2. The van der Waals surface area contributed by atoms with Crippen LogP contribution in [-0.4, -0.2) is 32.9 Å². The van der Waals surface area contributed by atoms with Crippen molar-refractivity contribution < 1.29 is 8.42 Å². The van der Waals surface area contributed by atoms with Crippen molar-refractivity contribution in [2.24, 2.45) is 4.40 Å².